The van der Waals surface area contributed by atoms with Crippen molar-refractivity contribution in [2.75, 3.05) is 19.6 Å². The Kier molecular flexibility index (Phi) is 12.7. The van der Waals surface area contributed by atoms with Crippen molar-refractivity contribution in [2.24, 2.45) is 0 Å². The molecule has 3 amide bonds. The van der Waals surface area contributed by atoms with Crippen LogP contribution in [0.4, 0.5) is 9.59 Å². The fraction of sp³-hybridized carbons (Fsp3) is 0.417. The van der Waals surface area contributed by atoms with Gasteiger partial charge < -0.3 is 29.9 Å². The number of carbonyl (C=O) groups is 3. The quantitative estimate of drug-likeness (QED) is 0.176. The minimum Gasteiger partial charge on any atom is -0.489 e. The first-order valence-electron chi connectivity index (χ1n) is 16.3. The summed E-state index contributed by atoms with van der Waals surface area (Å²) in [6.07, 6.45) is 1.89. The summed E-state index contributed by atoms with van der Waals surface area (Å²) >= 11 is 0. The number of aliphatic hydroxyl groups is 1. The number of rotatable bonds is 13. The van der Waals surface area contributed by atoms with Crippen LogP contribution in [0, 0.1) is 0 Å². The zero-order valence-corrected chi connectivity index (χ0v) is 28.9. The molecule has 49 heavy (non-hydrogen) atoms. The summed E-state index contributed by atoms with van der Waals surface area (Å²) in [6.45, 7) is 4.52. The Morgan fingerprint density at radius 2 is 1.59 bits per heavy atom. The van der Waals surface area contributed by atoms with Gasteiger partial charge in [-0.25, -0.2) is 22.7 Å². The molecule has 0 radical (unpaired) electrons. The van der Waals surface area contributed by atoms with Crippen LogP contribution in [0.1, 0.15) is 70.1 Å². The molecule has 0 saturated heterocycles. The average molecular weight is 696 g/mol. The lowest BCUT2D eigenvalue weighted by Crippen LogP contribution is -2.41. The summed E-state index contributed by atoms with van der Waals surface area (Å²) in [5.74, 6) is -0.826. The van der Waals surface area contributed by atoms with Gasteiger partial charge in [0.1, 0.15) is 22.8 Å². The van der Waals surface area contributed by atoms with Gasteiger partial charge in [0, 0.05) is 6.54 Å². The third-order valence-corrected chi connectivity index (χ3v) is 9.34. The average Bonchev–Trinajstić information content (AvgIpc) is 3.05. The van der Waals surface area contributed by atoms with Gasteiger partial charge in [-0.15, -0.1) is 0 Å². The second-order valence-electron chi connectivity index (χ2n) is 13.0. The number of alkyl carbamates (subject to hydrolysis) is 1. The Bertz CT molecular complexity index is 1680. The molecule has 0 unspecified atom stereocenters. The summed E-state index contributed by atoms with van der Waals surface area (Å²) in [5, 5.41) is 22.5. The van der Waals surface area contributed by atoms with Crippen LogP contribution in [-0.2, 0) is 26.0 Å². The van der Waals surface area contributed by atoms with Crippen LogP contribution in [0.15, 0.2) is 77.7 Å². The van der Waals surface area contributed by atoms with E-state index in [9.17, 15) is 33.0 Å². The van der Waals surface area contributed by atoms with E-state index in [-0.39, 0.29) is 29.8 Å². The third-order valence-electron chi connectivity index (χ3n) is 7.93. The molecule has 1 saturated carbocycles. The Hall–Kier alpha value is -4.62. The molecule has 3 aromatic carbocycles. The minimum atomic E-state index is -4.37. The van der Waals surface area contributed by atoms with Crippen LogP contribution >= 0.6 is 0 Å². The number of nitrogens with one attached hydrogen (secondary N) is 2. The number of carbonyl (C=O) groups excluding carboxylic acids is 2. The molecule has 1 fully saturated rings. The maximum Gasteiger partial charge on any atom is 0.408 e. The largest absolute Gasteiger partial charge is 0.489 e. The van der Waals surface area contributed by atoms with Crippen LogP contribution in [-0.4, -0.2) is 73.0 Å². The summed E-state index contributed by atoms with van der Waals surface area (Å²) in [5.41, 5.74) is 2.20. The smallest absolute Gasteiger partial charge is 0.408 e. The molecule has 13 heteroatoms. The van der Waals surface area contributed by atoms with E-state index in [0.29, 0.717) is 17.5 Å². The lowest BCUT2D eigenvalue weighted by atomic mass is 9.97. The summed E-state index contributed by atoms with van der Waals surface area (Å²) in [7, 11) is -4.37. The van der Waals surface area contributed by atoms with E-state index in [4.69, 9.17) is 9.47 Å². The van der Waals surface area contributed by atoms with Crippen molar-refractivity contribution in [1.82, 2.24) is 14.9 Å². The van der Waals surface area contributed by atoms with E-state index >= 15 is 0 Å². The molecule has 1 aliphatic rings. The number of amides is 3. The predicted molar refractivity (Wildman–Crippen MR) is 184 cm³/mol. The molecule has 0 bridgehead atoms. The normalized spacial score (nSPS) is 14.4. The third kappa shape index (κ3) is 11.5. The number of ether oxygens (including phenoxy) is 2. The van der Waals surface area contributed by atoms with Gasteiger partial charge in [-0.05, 0) is 87.3 Å². The molecule has 1 atom stereocenters. The molecule has 4 rings (SSSR count). The van der Waals surface area contributed by atoms with E-state index in [2.05, 4.69) is 5.32 Å². The lowest BCUT2D eigenvalue weighted by molar-refractivity contribution is -0.118. The molecule has 0 spiro atoms. The number of nitrogens with zero attached hydrogens (tertiary/aromatic N) is 1. The van der Waals surface area contributed by atoms with Crippen LogP contribution in [0.3, 0.4) is 0 Å². The zero-order valence-electron chi connectivity index (χ0n) is 28.1. The van der Waals surface area contributed by atoms with E-state index in [0.717, 1.165) is 43.2 Å². The Morgan fingerprint density at radius 3 is 2.22 bits per heavy atom. The summed E-state index contributed by atoms with van der Waals surface area (Å²) in [4.78, 5) is 37.3. The first kappa shape index (κ1) is 37.2. The predicted octanol–water partition coefficient (Wildman–Crippen LogP) is 5.65. The summed E-state index contributed by atoms with van der Waals surface area (Å²) < 4.78 is 40.1. The molecule has 0 aliphatic heterocycles. The van der Waals surface area contributed by atoms with Gasteiger partial charge in [0.2, 0.25) is 0 Å². The highest BCUT2D eigenvalue weighted by Crippen LogP contribution is 2.33. The Morgan fingerprint density at radius 1 is 0.939 bits per heavy atom. The summed E-state index contributed by atoms with van der Waals surface area (Å²) in [6, 6.07) is 21.0. The van der Waals surface area contributed by atoms with Crippen molar-refractivity contribution in [2.45, 2.75) is 82.0 Å². The lowest BCUT2D eigenvalue weighted by Gasteiger charge is -2.25. The van der Waals surface area contributed by atoms with Crippen LogP contribution in [0.2, 0.25) is 0 Å². The van der Waals surface area contributed by atoms with Crippen molar-refractivity contribution in [3.05, 3.63) is 83.9 Å². The Balaban J connectivity index is 1.47. The standard InChI is InChI=1S/C36H45N3O9S/c1-36(2,3)48-34(42)37-23-33(41)38-49(45,46)32-19-18-28(22-31(32)47-29-12-8-5-9-13-29)26-16-14-25(15-17-26)20-21-39(35(43)44)24-30(40)27-10-6-4-7-11-27/h4,6-7,10-11,14-19,22,29-30,40H,5,8-9,12-13,20-21,23-24H2,1-3H3,(H,37,42)(H,38,41)(H,43,44)/t30-/m1/s1. The zero-order chi connectivity index (χ0) is 35.6. The number of sulfonamides is 1. The van der Waals surface area contributed by atoms with E-state index in [1.54, 1.807) is 57.2 Å². The molecule has 4 N–H and O–H groups in total. The van der Waals surface area contributed by atoms with Gasteiger partial charge in [-0.1, -0.05) is 67.1 Å². The maximum atomic E-state index is 13.4. The highest BCUT2D eigenvalue weighted by Gasteiger charge is 2.26. The van der Waals surface area contributed by atoms with Crippen LogP contribution in [0.5, 0.6) is 5.75 Å². The SMILES string of the molecule is CC(C)(C)OC(=O)NCC(=O)NS(=O)(=O)c1ccc(-c2ccc(CCN(C[C@@H](O)c3ccccc3)C(=O)O)cc2)cc1OC1CCCCC1. The Labute approximate surface area is 287 Å². The molecule has 3 aromatic rings. The topological polar surface area (TPSA) is 172 Å². The van der Waals surface area contributed by atoms with Crippen molar-refractivity contribution in [3.63, 3.8) is 0 Å². The minimum absolute atomic E-state index is 0.0584. The van der Waals surface area contributed by atoms with Crippen molar-refractivity contribution in [3.8, 4) is 16.9 Å². The van der Waals surface area contributed by atoms with Gasteiger partial charge in [0.25, 0.3) is 15.9 Å². The number of hydrogen-bond acceptors (Lipinski definition) is 8. The maximum absolute atomic E-state index is 13.4. The number of carboxylic acid groups (broad SMARTS) is 1. The van der Waals surface area contributed by atoms with Gasteiger partial charge in [-0.3, -0.25) is 4.79 Å². The van der Waals surface area contributed by atoms with Crippen LogP contribution in [0.25, 0.3) is 11.1 Å². The van der Waals surface area contributed by atoms with Crippen molar-refractivity contribution < 1.29 is 42.5 Å². The second kappa shape index (κ2) is 16.7. The fourth-order valence-electron chi connectivity index (χ4n) is 5.45. The number of aliphatic hydroxyl groups excluding tert-OH is 1. The molecule has 264 valence electrons. The number of benzene rings is 3. The van der Waals surface area contributed by atoms with E-state index < -0.39 is 46.4 Å². The molecular formula is C36H45N3O9S. The molecule has 12 nitrogen and oxygen atoms in total. The van der Waals surface area contributed by atoms with E-state index in [1.807, 2.05) is 35.1 Å². The molecular weight excluding hydrogens is 650 g/mol. The highest BCUT2D eigenvalue weighted by molar-refractivity contribution is 7.90. The first-order valence-corrected chi connectivity index (χ1v) is 17.8. The molecule has 0 aromatic heterocycles. The van der Waals surface area contributed by atoms with Crippen molar-refractivity contribution >= 4 is 28.1 Å². The van der Waals surface area contributed by atoms with Gasteiger partial charge >= 0.3 is 12.2 Å². The van der Waals surface area contributed by atoms with Gasteiger partial charge in [-0.2, -0.15) is 0 Å². The fourth-order valence-corrected chi connectivity index (χ4v) is 6.56. The first-order chi connectivity index (χ1) is 23.2. The highest BCUT2D eigenvalue weighted by atomic mass is 32.2. The monoisotopic (exact) mass is 695 g/mol. The van der Waals surface area contributed by atoms with Gasteiger partial charge in [0.15, 0.2) is 0 Å². The van der Waals surface area contributed by atoms with E-state index in [1.165, 1.54) is 11.0 Å². The van der Waals surface area contributed by atoms with Crippen molar-refractivity contribution in [1.29, 1.82) is 0 Å². The molecule has 1 aliphatic carbocycles. The van der Waals surface area contributed by atoms with Crippen LogP contribution < -0.4 is 14.8 Å². The second-order valence-corrected chi connectivity index (χ2v) is 14.7. The molecule has 0 heterocycles. The number of hydrogen-bond donors (Lipinski definition) is 4. The van der Waals surface area contributed by atoms with Gasteiger partial charge in [0.05, 0.1) is 18.8 Å².